The van der Waals surface area contributed by atoms with E-state index >= 15 is 0 Å². The molecule has 0 aliphatic carbocycles. The summed E-state index contributed by atoms with van der Waals surface area (Å²) >= 11 is 0. The van der Waals surface area contributed by atoms with Crippen LogP contribution in [-0.2, 0) is 0 Å². The summed E-state index contributed by atoms with van der Waals surface area (Å²) in [7, 11) is 0. The van der Waals surface area contributed by atoms with E-state index in [1.54, 1.807) is 0 Å². The molecule has 0 unspecified atom stereocenters. The van der Waals surface area contributed by atoms with E-state index in [-0.39, 0.29) is 17.8 Å². The molecule has 0 amide bonds. The summed E-state index contributed by atoms with van der Waals surface area (Å²) in [4.78, 5) is 12.6. The fourth-order valence-corrected chi connectivity index (χ4v) is 1.01. The number of nitrogens with two attached hydrogens (primary N) is 1. The second-order valence-corrected chi connectivity index (χ2v) is 2.72. The number of anilines is 1. The summed E-state index contributed by atoms with van der Waals surface area (Å²) in [5, 5.41) is 13.8. The van der Waals surface area contributed by atoms with Crippen LogP contribution < -0.4 is 5.73 Å². The van der Waals surface area contributed by atoms with Gasteiger partial charge >= 0.3 is 0 Å². The van der Waals surface area contributed by atoms with Gasteiger partial charge in [-0.3, -0.25) is 10.1 Å². The highest BCUT2D eigenvalue weighted by molar-refractivity contribution is 5.58. The van der Waals surface area contributed by atoms with Gasteiger partial charge in [0.25, 0.3) is 5.69 Å². The Balaban J connectivity index is 3.08. The van der Waals surface area contributed by atoms with Crippen LogP contribution in [0.5, 0.6) is 0 Å². The predicted octanol–water partition coefficient (Wildman–Crippen LogP) is 1.84. The lowest BCUT2D eigenvalue weighted by atomic mass is 10.1. The summed E-state index contributed by atoms with van der Waals surface area (Å²) in [6.45, 7) is -0.0392. The highest BCUT2D eigenvalue weighted by atomic mass is 16.6. The van der Waals surface area contributed by atoms with Crippen LogP contribution in [0, 0.1) is 22.0 Å². The first-order chi connectivity index (χ1) is 7.65. The highest BCUT2D eigenvalue weighted by Crippen LogP contribution is 2.19. The van der Waals surface area contributed by atoms with E-state index in [2.05, 4.69) is 21.9 Å². The molecule has 0 radical (unpaired) electrons. The van der Waals surface area contributed by atoms with E-state index < -0.39 is 4.92 Å². The minimum atomic E-state index is -0.545. The molecule has 7 heteroatoms. The van der Waals surface area contributed by atoms with Gasteiger partial charge in [-0.05, 0) is 17.7 Å². The van der Waals surface area contributed by atoms with Gasteiger partial charge in [-0.25, -0.2) is 0 Å². The number of nitro groups is 1. The second-order valence-electron chi connectivity index (χ2n) is 2.72. The summed E-state index contributed by atoms with van der Waals surface area (Å²) in [5.41, 5.74) is 14.0. The average Bonchev–Trinajstić information content (AvgIpc) is 2.24. The maximum atomic E-state index is 10.6. The molecular weight excluding hydrogens is 210 g/mol. The van der Waals surface area contributed by atoms with Crippen LogP contribution in [0.3, 0.4) is 0 Å². The maximum Gasteiger partial charge on any atom is 0.285 e. The van der Waals surface area contributed by atoms with E-state index in [4.69, 9.17) is 11.3 Å². The number of benzene rings is 1. The smallest absolute Gasteiger partial charge is 0.285 e. The van der Waals surface area contributed by atoms with Gasteiger partial charge in [-0.15, -0.1) is 0 Å². The van der Waals surface area contributed by atoms with Gasteiger partial charge in [0.2, 0.25) is 0 Å². The minimum Gasteiger partial charge on any atom is -0.399 e. The van der Waals surface area contributed by atoms with E-state index in [9.17, 15) is 10.1 Å². The standard InChI is InChI=1S/C9H7N5O2/c10-8-3-4-9(14(15)16)7(6-8)2-1-5-12-13-11/h3-4,6H,5,10H2. The monoisotopic (exact) mass is 217 g/mol. The van der Waals surface area contributed by atoms with Crippen molar-refractivity contribution < 1.29 is 4.92 Å². The third kappa shape index (κ3) is 2.90. The molecule has 0 fully saturated rings. The van der Waals surface area contributed by atoms with Crippen LogP contribution in [0.2, 0.25) is 0 Å². The van der Waals surface area contributed by atoms with E-state index in [1.165, 1.54) is 18.2 Å². The predicted molar refractivity (Wildman–Crippen MR) is 58.4 cm³/mol. The van der Waals surface area contributed by atoms with E-state index in [0.717, 1.165) is 0 Å². The minimum absolute atomic E-state index is 0.0392. The molecule has 0 heterocycles. The molecular formula is C9H7N5O2. The lowest BCUT2D eigenvalue weighted by molar-refractivity contribution is -0.385. The number of azide groups is 1. The Morgan fingerprint density at radius 3 is 3.00 bits per heavy atom. The first-order valence-electron chi connectivity index (χ1n) is 4.19. The molecule has 0 spiro atoms. The molecule has 1 aromatic carbocycles. The van der Waals surface area contributed by atoms with Crippen LogP contribution in [0.15, 0.2) is 23.3 Å². The Kier molecular flexibility index (Phi) is 3.72. The number of hydrogen-bond donors (Lipinski definition) is 1. The van der Waals surface area contributed by atoms with Crippen molar-refractivity contribution in [1.82, 2.24) is 0 Å². The summed E-state index contributed by atoms with van der Waals surface area (Å²) in [6.07, 6.45) is 0. The van der Waals surface area contributed by atoms with Crippen molar-refractivity contribution in [3.8, 4) is 11.8 Å². The molecule has 0 aliphatic rings. The fourth-order valence-electron chi connectivity index (χ4n) is 1.01. The zero-order valence-electron chi connectivity index (χ0n) is 8.12. The van der Waals surface area contributed by atoms with Crippen molar-refractivity contribution in [1.29, 1.82) is 0 Å². The Morgan fingerprint density at radius 2 is 2.38 bits per heavy atom. The molecule has 0 bridgehead atoms. The third-order valence-corrected chi connectivity index (χ3v) is 1.65. The molecule has 7 nitrogen and oxygen atoms in total. The van der Waals surface area contributed by atoms with E-state index in [1.807, 2.05) is 0 Å². The van der Waals surface area contributed by atoms with Crippen LogP contribution >= 0.6 is 0 Å². The largest absolute Gasteiger partial charge is 0.399 e. The van der Waals surface area contributed by atoms with Crippen molar-refractivity contribution in [3.05, 3.63) is 44.3 Å². The Morgan fingerprint density at radius 1 is 1.62 bits per heavy atom. The van der Waals surface area contributed by atoms with Gasteiger partial charge in [-0.2, -0.15) is 0 Å². The van der Waals surface area contributed by atoms with Crippen molar-refractivity contribution >= 4 is 11.4 Å². The van der Waals surface area contributed by atoms with Crippen molar-refractivity contribution in [3.63, 3.8) is 0 Å². The molecule has 16 heavy (non-hydrogen) atoms. The summed E-state index contributed by atoms with van der Waals surface area (Å²) in [5.74, 6) is 5.03. The summed E-state index contributed by atoms with van der Waals surface area (Å²) in [6, 6.07) is 4.12. The molecule has 2 N–H and O–H groups in total. The van der Waals surface area contributed by atoms with Crippen molar-refractivity contribution in [2.75, 3.05) is 12.3 Å². The summed E-state index contributed by atoms with van der Waals surface area (Å²) < 4.78 is 0. The molecule has 1 rings (SSSR count). The SMILES string of the molecule is [N-]=[N+]=NCC#Cc1cc(N)ccc1[N+](=O)[O-]. The maximum absolute atomic E-state index is 10.6. The van der Waals surface area contributed by atoms with Gasteiger partial charge in [0.15, 0.2) is 0 Å². The quantitative estimate of drug-likeness (QED) is 0.155. The zero-order valence-corrected chi connectivity index (χ0v) is 8.12. The Labute approximate surface area is 90.7 Å². The van der Waals surface area contributed by atoms with Crippen LogP contribution in [0.25, 0.3) is 10.4 Å². The number of nitrogens with zero attached hydrogens (tertiary/aromatic N) is 4. The highest BCUT2D eigenvalue weighted by Gasteiger charge is 2.11. The Hall–Kier alpha value is -2.71. The fraction of sp³-hybridized carbons (Fsp3) is 0.111. The van der Waals surface area contributed by atoms with Crippen LogP contribution in [0.1, 0.15) is 5.56 Å². The van der Waals surface area contributed by atoms with Gasteiger partial charge in [0, 0.05) is 16.7 Å². The van der Waals surface area contributed by atoms with Crippen molar-refractivity contribution in [2.45, 2.75) is 0 Å². The Bertz CT molecular complexity index is 522. The van der Waals surface area contributed by atoms with Gasteiger partial charge in [0.05, 0.1) is 11.5 Å². The number of hydrogen-bond acceptors (Lipinski definition) is 4. The molecule has 0 aliphatic heterocycles. The first kappa shape index (κ1) is 11.4. The van der Waals surface area contributed by atoms with Crippen molar-refractivity contribution in [2.24, 2.45) is 5.11 Å². The lowest BCUT2D eigenvalue weighted by Crippen LogP contribution is -1.94. The third-order valence-electron chi connectivity index (χ3n) is 1.65. The molecule has 0 atom stereocenters. The van der Waals surface area contributed by atoms with E-state index in [0.29, 0.717) is 5.69 Å². The molecule has 0 saturated heterocycles. The van der Waals surface area contributed by atoms with Gasteiger partial charge < -0.3 is 5.73 Å². The number of nitrogen functional groups attached to an aromatic ring is 1. The topological polar surface area (TPSA) is 118 Å². The second kappa shape index (κ2) is 5.24. The number of rotatable bonds is 2. The molecule has 0 saturated carbocycles. The molecule has 80 valence electrons. The van der Waals surface area contributed by atoms with Crippen LogP contribution in [0.4, 0.5) is 11.4 Å². The normalized spacial score (nSPS) is 8.50. The van der Waals surface area contributed by atoms with Crippen LogP contribution in [-0.4, -0.2) is 11.5 Å². The molecule has 1 aromatic rings. The van der Waals surface area contributed by atoms with Gasteiger partial charge in [0.1, 0.15) is 5.56 Å². The average molecular weight is 217 g/mol. The lowest BCUT2D eigenvalue weighted by Gasteiger charge is -1.96. The molecule has 0 aromatic heterocycles. The van der Waals surface area contributed by atoms with Gasteiger partial charge in [-0.1, -0.05) is 17.0 Å². The zero-order chi connectivity index (χ0) is 12.0. The first-order valence-corrected chi connectivity index (χ1v) is 4.19. The number of nitro benzene ring substituents is 1.